The van der Waals surface area contributed by atoms with Crippen molar-refractivity contribution in [1.82, 2.24) is 14.9 Å². The van der Waals surface area contributed by atoms with Gasteiger partial charge in [0.2, 0.25) is 5.95 Å². The molecule has 4 aliphatic rings. The van der Waals surface area contributed by atoms with Crippen LogP contribution in [0.15, 0.2) is 24.4 Å². The number of halogens is 2. The van der Waals surface area contributed by atoms with E-state index in [9.17, 15) is 9.90 Å². The number of aromatic nitrogens is 2. The summed E-state index contributed by atoms with van der Waals surface area (Å²) in [5.41, 5.74) is 1.72. The highest BCUT2D eigenvalue weighted by atomic mass is 35.5. The first-order valence-electron chi connectivity index (χ1n) is 13.9. The number of hydrogen-bond donors (Lipinski definition) is 1. The minimum absolute atomic E-state index is 0.0815. The molecule has 3 atom stereocenters. The zero-order valence-electron chi connectivity index (χ0n) is 22.4. The molecule has 3 fully saturated rings. The quantitative estimate of drug-likeness (QED) is 0.476. The predicted molar refractivity (Wildman–Crippen MR) is 151 cm³/mol. The van der Waals surface area contributed by atoms with E-state index in [1.54, 1.807) is 0 Å². The zero-order chi connectivity index (χ0) is 26.8. The van der Waals surface area contributed by atoms with Crippen molar-refractivity contribution in [2.45, 2.75) is 64.5 Å². The monoisotopic (exact) mass is 557 g/mol. The Morgan fingerprint density at radius 2 is 1.92 bits per heavy atom. The fraction of sp³-hybridized carbons (Fsp3) is 0.621. The normalized spacial score (nSPS) is 30.5. The van der Waals surface area contributed by atoms with Crippen molar-refractivity contribution in [2.75, 3.05) is 42.5 Å². The van der Waals surface area contributed by atoms with E-state index in [0.29, 0.717) is 33.8 Å². The summed E-state index contributed by atoms with van der Waals surface area (Å²) in [5.74, 6) is 2.85. The molecule has 0 bridgehead atoms. The lowest BCUT2D eigenvalue weighted by atomic mass is 9.65. The molecule has 0 spiro atoms. The van der Waals surface area contributed by atoms with Gasteiger partial charge in [0, 0.05) is 59.9 Å². The summed E-state index contributed by atoms with van der Waals surface area (Å²) < 4.78 is 0. The van der Waals surface area contributed by atoms with Crippen LogP contribution in [0, 0.1) is 17.3 Å². The number of likely N-dealkylation sites (tertiary alicyclic amines) is 1. The van der Waals surface area contributed by atoms with Gasteiger partial charge in [0.25, 0.3) is 0 Å². The van der Waals surface area contributed by atoms with E-state index < -0.39 is 11.4 Å². The molecular formula is C29H37Cl2N5O2. The van der Waals surface area contributed by atoms with Crippen LogP contribution in [0.1, 0.15) is 69.5 Å². The smallest absolute Gasteiger partial charge is 0.309 e. The van der Waals surface area contributed by atoms with Gasteiger partial charge in [-0.15, -0.1) is 0 Å². The molecule has 204 valence electrons. The van der Waals surface area contributed by atoms with Crippen molar-refractivity contribution in [3.05, 3.63) is 45.6 Å². The summed E-state index contributed by atoms with van der Waals surface area (Å²) in [7, 11) is 0. The Hall–Kier alpha value is -2.09. The van der Waals surface area contributed by atoms with Gasteiger partial charge in [-0.2, -0.15) is 4.98 Å². The molecule has 1 aromatic carbocycles. The van der Waals surface area contributed by atoms with Gasteiger partial charge < -0.3 is 19.8 Å². The van der Waals surface area contributed by atoms with E-state index in [1.165, 1.54) is 18.4 Å². The van der Waals surface area contributed by atoms with Gasteiger partial charge in [-0.1, -0.05) is 36.2 Å². The Balaban J connectivity index is 1.10. The second-order valence-electron chi connectivity index (χ2n) is 12.3. The van der Waals surface area contributed by atoms with Crippen LogP contribution in [0.3, 0.4) is 0 Å². The van der Waals surface area contributed by atoms with Crippen LogP contribution in [0.25, 0.3) is 0 Å². The Morgan fingerprint density at radius 3 is 2.63 bits per heavy atom. The van der Waals surface area contributed by atoms with Crippen molar-refractivity contribution in [1.29, 1.82) is 0 Å². The summed E-state index contributed by atoms with van der Waals surface area (Å²) in [6.45, 7) is 11.4. The zero-order valence-corrected chi connectivity index (χ0v) is 23.9. The highest BCUT2D eigenvalue weighted by Gasteiger charge is 2.50. The highest BCUT2D eigenvalue weighted by Crippen LogP contribution is 2.46. The number of hydrogen-bond acceptors (Lipinski definition) is 6. The first-order chi connectivity index (χ1) is 18.1. The maximum atomic E-state index is 11.5. The SMILES string of the molecule is CC1CN(C(C)c2ccc(Cl)cc2Cl)c2nc(N3CC([C@H]4CCCN(C5CC(C)(C(=O)O)C5)C4)C3)ncc21. The lowest BCUT2D eigenvalue weighted by Crippen LogP contribution is -2.58. The number of rotatable bonds is 6. The summed E-state index contributed by atoms with van der Waals surface area (Å²) in [6.07, 6.45) is 6.04. The van der Waals surface area contributed by atoms with E-state index in [0.717, 1.165) is 62.9 Å². The molecule has 0 amide bonds. The summed E-state index contributed by atoms with van der Waals surface area (Å²) in [5, 5.41) is 10.8. The lowest BCUT2D eigenvalue weighted by molar-refractivity contribution is -0.158. The number of aliphatic carboxylic acids is 1. The number of anilines is 2. The first-order valence-corrected chi connectivity index (χ1v) is 14.7. The van der Waals surface area contributed by atoms with Crippen LogP contribution in [-0.2, 0) is 4.79 Å². The second kappa shape index (κ2) is 9.83. The molecular weight excluding hydrogens is 521 g/mol. The van der Waals surface area contributed by atoms with Gasteiger partial charge in [-0.25, -0.2) is 4.98 Å². The molecule has 4 heterocycles. The molecule has 38 heavy (non-hydrogen) atoms. The highest BCUT2D eigenvalue weighted by molar-refractivity contribution is 6.35. The number of piperidine rings is 1. The number of benzene rings is 1. The summed E-state index contributed by atoms with van der Waals surface area (Å²) >= 11 is 12.7. The van der Waals surface area contributed by atoms with Crippen molar-refractivity contribution >= 4 is 40.9 Å². The van der Waals surface area contributed by atoms with Gasteiger partial charge in [0.1, 0.15) is 5.82 Å². The average Bonchev–Trinajstić information content (AvgIpc) is 3.16. The van der Waals surface area contributed by atoms with Crippen LogP contribution in [0.5, 0.6) is 0 Å². The Labute approximate surface area is 235 Å². The van der Waals surface area contributed by atoms with Gasteiger partial charge >= 0.3 is 5.97 Å². The number of carboxylic acids is 1. The molecule has 2 saturated heterocycles. The summed E-state index contributed by atoms with van der Waals surface area (Å²) in [4.78, 5) is 28.6. The number of nitrogens with zero attached hydrogens (tertiary/aromatic N) is 5. The van der Waals surface area contributed by atoms with Crippen LogP contribution < -0.4 is 9.80 Å². The minimum atomic E-state index is -0.648. The van der Waals surface area contributed by atoms with E-state index in [1.807, 2.05) is 31.3 Å². The molecule has 7 nitrogen and oxygen atoms in total. The lowest BCUT2D eigenvalue weighted by Gasteiger charge is -2.52. The van der Waals surface area contributed by atoms with Gasteiger partial charge in [-0.3, -0.25) is 4.79 Å². The van der Waals surface area contributed by atoms with Crippen LogP contribution in [0.2, 0.25) is 10.0 Å². The fourth-order valence-corrected chi connectivity index (χ4v) is 7.64. The topological polar surface area (TPSA) is 72.8 Å². The van der Waals surface area contributed by atoms with Crippen molar-refractivity contribution in [2.24, 2.45) is 17.3 Å². The van der Waals surface area contributed by atoms with Gasteiger partial charge in [0.05, 0.1) is 11.5 Å². The largest absolute Gasteiger partial charge is 0.481 e. The molecule has 9 heteroatoms. The van der Waals surface area contributed by atoms with Crippen LogP contribution in [0.4, 0.5) is 11.8 Å². The molecule has 1 aromatic heterocycles. The predicted octanol–water partition coefficient (Wildman–Crippen LogP) is 5.87. The second-order valence-corrected chi connectivity index (χ2v) is 13.2. The minimum Gasteiger partial charge on any atom is -0.481 e. The van der Waals surface area contributed by atoms with Crippen LogP contribution in [-0.4, -0.2) is 64.7 Å². The van der Waals surface area contributed by atoms with Crippen molar-refractivity contribution in [3.63, 3.8) is 0 Å². The molecule has 2 aromatic rings. The first kappa shape index (κ1) is 26.1. The molecule has 0 radical (unpaired) electrons. The molecule has 1 N–H and O–H groups in total. The maximum Gasteiger partial charge on any atom is 0.309 e. The molecule has 3 aliphatic heterocycles. The fourth-order valence-electron chi connectivity index (χ4n) is 7.08. The maximum absolute atomic E-state index is 11.5. The Morgan fingerprint density at radius 1 is 1.16 bits per heavy atom. The van der Waals surface area contributed by atoms with E-state index in [4.69, 9.17) is 33.2 Å². The van der Waals surface area contributed by atoms with E-state index in [-0.39, 0.29) is 6.04 Å². The Bertz CT molecular complexity index is 1230. The number of fused-ring (bicyclic) bond motifs is 1. The standard InChI is InChI=1S/C29H37Cl2N5O2/c1-17-13-36(18(2)23-7-6-21(30)9-25(23)31)26-24(17)12-32-28(33-26)35-15-20(16-35)19-5-4-8-34(14-19)22-10-29(3,11-22)27(37)38/h6-7,9,12,17-20,22H,4-5,8,10-11,13-16H2,1-3H3,(H,37,38)/t17?,18?,19-,22?,29?/m0/s1. The third kappa shape index (κ3) is 4.54. The van der Waals surface area contributed by atoms with Crippen molar-refractivity contribution in [3.8, 4) is 0 Å². The molecule has 1 aliphatic carbocycles. The Kier molecular flexibility index (Phi) is 6.76. The molecule has 6 rings (SSSR count). The number of carboxylic acid groups (broad SMARTS) is 1. The number of carbonyl (C=O) groups is 1. The third-order valence-electron chi connectivity index (χ3n) is 9.69. The van der Waals surface area contributed by atoms with E-state index in [2.05, 4.69) is 28.5 Å². The third-order valence-corrected chi connectivity index (χ3v) is 10.3. The average molecular weight is 559 g/mol. The van der Waals surface area contributed by atoms with Crippen LogP contribution >= 0.6 is 23.2 Å². The van der Waals surface area contributed by atoms with Crippen molar-refractivity contribution < 1.29 is 9.90 Å². The van der Waals surface area contributed by atoms with Gasteiger partial charge in [0.15, 0.2) is 0 Å². The molecule has 1 saturated carbocycles. The van der Waals surface area contributed by atoms with E-state index >= 15 is 0 Å². The summed E-state index contributed by atoms with van der Waals surface area (Å²) in [6, 6.07) is 6.23. The van der Waals surface area contributed by atoms with Gasteiger partial charge in [-0.05, 0) is 75.6 Å². The molecule has 2 unspecified atom stereocenters.